The van der Waals surface area contributed by atoms with E-state index in [1.54, 1.807) is 6.08 Å². The van der Waals surface area contributed by atoms with Gasteiger partial charge in [-0.1, -0.05) is 12.2 Å². The van der Waals surface area contributed by atoms with Gasteiger partial charge in [0.25, 0.3) is 0 Å². The first-order valence-electron chi connectivity index (χ1n) is 2.50. The third-order valence-corrected chi connectivity index (χ3v) is 0.892. The van der Waals surface area contributed by atoms with Crippen LogP contribution in [0.5, 0.6) is 0 Å². The largest absolute Gasteiger partial charge is 0.294 e. The lowest BCUT2D eigenvalue weighted by Crippen LogP contribution is -1.85. The minimum atomic E-state index is 0.120. The van der Waals surface area contributed by atoms with Crippen LogP contribution >= 0.6 is 0 Å². The Bertz CT molecular complexity index is 181. The Hall–Kier alpha value is -1.07. The Morgan fingerprint density at radius 1 is 1.62 bits per heavy atom. The number of carbonyl (C=O) groups excluding carboxylic acids is 1. The van der Waals surface area contributed by atoms with Gasteiger partial charge >= 0.3 is 0 Å². The number of rotatable bonds is 0. The summed E-state index contributed by atoms with van der Waals surface area (Å²) in [5, 5.41) is 0. The molecule has 1 rings (SSSR count). The maximum atomic E-state index is 10.5. The second-order valence-electron chi connectivity index (χ2n) is 1.58. The molecule has 0 amide bonds. The monoisotopic (exact) mass is 106 g/mol. The fourth-order valence-corrected chi connectivity index (χ4v) is 0.508. The summed E-state index contributed by atoms with van der Waals surface area (Å²) in [6.45, 7) is 0. The van der Waals surface area contributed by atoms with Crippen molar-refractivity contribution in [1.29, 1.82) is 0 Å². The van der Waals surface area contributed by atoms with E-state index in [2.05, 4.69) is 5.73 Å². The molecule has 0 aliphatic heterocycles. The molecule has 0 aromatic rings. The molecule has 1 aliphatic carbocycles. The normalized spacial score (nSPS) is 16.8. The van der Waals surface area contributed by atoms with Crippen LogP contribution in [0, 0.1) is 0 Å². The van der Waals surface area contributed by atoms with Gasteiger partial charge in [-0.15, -0.1) is 5.73 Å². The molecule has 40 valence electrons. The summed E-state index contributed by atoms with van der Waals surface area (Å²) in [5.41, 5.74) is 2.71. The predicted octanol–water partition coefficient (Wildman–Crippen LogP) is 1.23. The Kier molecular flexibility index (Phi) is 1.45. The first-order chi connectivity index (χ1) is 3.89. The van der Waals surface area contributed by atoms with Crippen LogP contribution in [0.1, 0.15) is 6.42 Å². The SMILES string of the molecule is O=C1C=C=CC=CC1. The van der Waals surface area contributed by atoms with Crippen LogP contribution in [0.3, 0.4) is 0 Å². The minimum Gasteiger partial charge on any atom is -0.294 e. The Morgan fingerprint density at radius 3 is 3.38 bits per heavy atom. The first kappa shape index (κ1) is 5.07. The average Bonchev–Trinajstić information content (AvgIpc) is 1.94. The number of hydrogen-bond donors (Lipinski definition) is 0. The molecule has 1 aliphatic rings. The van der Waals surface area contributed by atoms with E-state index in [4.69, 9.17) is 0 Å². The molecule has 0 unspecified atom stereocenters. The second-order valence-corrected chi connectivity index (χ2v) is 1.58. The zero-order valence-electron chi connectivity index (χ0n) is 4.42. The fraction of sp³-hybridized carbons (Fsp3) is 0.143. The van der Waals surface area contributed by atoms with Gasteiger partial charge in [0.05, 0.1) is 0 Å². The predicted molar refractivity (Wildman–Crippen MR) is 31.4 cm³/mol. The summed E-state index contributed by atoms with van der Waals surface area (Å²) >= 11 is 0. The summed E-state index contributed by atoms with van der Waals surface area (Å²) < 4.78 is 0. The summed E-state index contributed by atoms with van der Waals surface area (Å²) in [5.74, 6) is 0.120. The molecule has 1 nitrogen and oxygen atoms in total. The summed E-state index contributed by atoms with van der Waals surface area (Å²) in [6.07, 6.45) is 7.34. The quantitative estimate of drug-likeness (QED) is 0.424. The standard InChI is InChI=1S/C7H6O/c8-7-5-3-1-2-4-6-7/h1-3,6H,5H2. The maximum absolute atomic E-state index is 10.5. The van der Waals surface area contributed by atoms with Crippen molar-refractivity contribution in [2.75, 3.05) is 0 Å². The zero-order chi connectivity index (χ0) is 5.82. The third kappa shape index (κ3) is 1.21. The van der Waals surface area contributed by atoms with Crippen molar-refractivity contribution in [2.45, 2.75) is 6.42 Å². The highest BCUT2D eigenvalue weighted by molar-refractivity contribution is 5.90. The van der Waals surface area contributed by atoms with Gasteiger partial charge in [0.1, 0.15) is 0 Å². The van der Waals surface area contributed by atoms with E-state index in [-0.39, 0.29) is 5.78 Å². The Morgan fingerprint density at radius 2 is 2.50 bits per heavy atom. The highest BCUT2D eigenvalue weighted by atomic mass is 16.1. The molecule has 0 aromatic heterocycles. The topological polar surface area (TPSA) is 17.1 Å². The van der Waals surface area contributed by atoms with Crippen LogP contribution in [-0.2, 0) is 4.79 Å². The molecule has 0 fully saturated rings. The molecule has 1 heteroatoms. The Balaban J connectivity index is 2.84. The van der Waals surface area contributed by atoms with Crippen LogP contribution in [0.25, 0.3) is 0 Å². The van der Waals surface area contributed by atoms with Gasteiger partial charge < -0.3 is 0 Å². The molecule has 0 saturated carbocycles. The summed E-state index contributed by atoms with van der Waals surface area (Å²) in [7, 11) is 0. The Labute approximate surface area is 48.0 Å². The van der Waals surface area contributed by atoms with Crippen LogP contribution in [0.15, 0.2) is 30.0 Å². The minimum absolute atomic E-state index is 0.120. The average molecular weight is 106 g/mol. The molecule has 0 saturated heterocycles. The van der Waals surface area contributed by atoms with Crippen molar-refractivity contribution in [3.05, 3.63) is 30.0 Å². The third-order valence-electron chi connectivity index (χ3n) is 0.892. The van der Waals surface area contributed by atoms with Crippen LogP contribution in [-0.4, -0.2) is 5.78 Å². The highest BCUT2D eigenvalue weighted by Gasteiger charge is 1.90. The van der Waals surface area contributed by atoms with Crippen molar-refractivity contribution in [1.82, 2.24) is 0 Å². The number of ketones is 1. The van der Waals surface area contributed by atoms with E-state index >= 15 is 0 Å². The molecule has 0 aromatic carbocycles. The lowest BCUT2D eigenvalue weighted by atomic mass is 10.3. The van der Waals surface area contributed by atoms with E-state index in [1.165, 1.54) is 6.08 Å². The van der Waals surface area contributed by atoms with Crippen LogP contribution < -0.4 is 0 Å². The second kappa shape index (κ2) is 2.29. The van der Waals surface area contributed by atoms with E-state index < -0.39 is 0 Å². The van der Waals surface area contributed by atoms with Gasteiger partial charge in [-0.25, -0.2) is 0 Å². The molecular weight excluding hydrogens is 100 g/mol. The molecule has 0 N–H and O–H groups in total. The number of allylic oxidation sites excluding steroid dienone is 3. The van der Waals surface area contributed by atoms with Crippen molar-refractivity contribution < 1.29 is 4.79 Å². The lowest BCUT2D eigenvalue weighted by molar-refractivity contribution is -0.113. The van der Waals surface area contributed by atoms with Gasteiger partial charge in [-0.05, 0) is 6.08 Å². The summed E-state index contributed by atoms with van der Waals surface area (Å²) in [4.78, 5) is 10.5. The van der Waals surface area contributed by atoms with E-state index in [9.17, 15) is 4.79 Å². The van der Waals surface area contributed by atoms with Gasteiger partial charge in [-0.3, -0.25) is 4.79 Å². The molecule has 0 bridgehead atoms. The molecule has 0 heterocycles. The maximum Gasteiger partial charge on any atom is 0.167 e. The summed E-state index contributed by atoms with van der Waals surface area (Å²) in [6, 6.07) is 0. The van der Waals surface area contributed by atoms with Crippen molar-refractivity contribution in [3.63, 3.8) is 0 Å². The molecule has 0 spiro atoms. The zero-order valence-corrected chi connectivity index (χ0v) is 4.42. The molecule has 0 atom stereocenters. The van der Waals surface area contributed by atoms with Crippen molar-refractivity contribution in [2.24, 2.45) is 0 Å². The first-order valence-corrected chi connectivity index (χ1v) is 2.50. The molecule has 8 heavy (non-hydrogen) atoms. The molecular formula is C7H6O. The fourth-order valence-electron chi connectivity index (χ4n) is 0.508. The smallest absolute Gasteiger partial charge is 0.167 e. The van der Waals surface area contributed by atoms with Crippen molar-refractivity contribution >= 4 is 5.78 Å². The number of carbonyl (C=O) groups is 1. The van der Waals surface area contributed by atoms with Gasteiger partial charge in [0, 0.05) is 12.5 Å². The van der Waals surface area contributed by atoms with Gasteiger partial charge in [0.2, 0.25) is 0 Å². The van der Waals surface area contributed by atoms with E-state index in [0.717, 1.165) is 0 Å². The van der Waals surface area contributed by atoms with Crippen molar-refractivity contribution in [3.8, 4) is 0 Å². The van der Waals surface area contributed by atoms with Gasteiger partial charge in [0.15, 0.2) is 5.78 Å². The molecule has 0 radical (unpaired) electrons. The highest BCUT2D eigenvalue weighted by Crippen LogP contribution is 1.91. The van der Waals surface area contributed by atoms with Crippen LogP contribution in [0.4, 0.5) is 0 Å². The van der Waals surface area contributed by atoms with Crippen LogP contribution in [0.2, 0.25) is 0 Å². The lowest BCUT2D eigenvalue weighted by Gasteiger charge is -1.77. The van der Waals surface area contributed by atoms with E-state index in [1.807, 2.05) is 12.2 Å². The van der Waals surface area contributed by atoms with Gasteiger partial charge in [-0.2, -0.15) is 0 Å². The van der Waals surface area contributed by atoms with E-state index in [0.29, 0.717) is 6.42 Å². The number of hydrogen-bond acceptors (Lipinski definition) is 1.